The number of ether oxygens (including phenoxy) is 1. The SMILES string of the molecule is Cc1ccc(OCC(=O)NC2CCCCCC2O)c(C)c1. The Hall–Kier alpha value is -1.55. The molecule has 0 saturated heterocycles. The molecule has 0 spiro atoms. The van der Waals surface area contributed by atoms with E-state index in [0.717, 1.165) is 43.4 Å². The Morgan fingerprint density at radius 3 is 2.81 bits per heavy atom. The lowest BCUT2D eigenvalue weighted by atomic mass is 10.1. The van der Waals surface area contributed by atoms with Crippen molar-refractivity contribution < 1.29 is 14.6 Å². The number of rotatable bonds is 4. The summed E-state index contributed by atoms with van der Waals surface area (Å²) in [6.07, 6.45) is 4.39. The van der Waals surface area contributed by atoms with E-state index in [4.69, 9.17) is 4.74 Å². The molecule has 2 unspecified atom stereocenters. The molecule has 0 aliphatic heterocycles. The number of hydrogen-bond donors (Lipinski definition) is 2. The first kappa shape index (κ1) is 15.8. The number of nitrogens with one attached hydrogen (secondary N) is 1. The van der Waals surface area contributed by atoms with Crippen LogP contribution in [0.4, 0.5) is 0 Å². The van der Waals surface area contributed by atoms with E-state index in [2.05, 4.69) is 5.32 Å². The zero-order valence-electron chi connectivity index (χ0n) is 12.9. The zero-order chi connectivity index (χ0) is 15.2. The summed E-state index contributed by atoms with van der Waals surface area (Å²) in [4.78, 5) is 12.0. The molecule has 0 radical (unpaired) electrons. The molecule has 0 aromatic heterocycles. The third kappa shape index (κ3) is 4.74. The lowest BCUT2D eigenvalue weighted by Crippen LogP contribution is -2.44. The van der Waals surface area contributed by atoms with Gasteiger partial charge in [-0.25, -0.2) is 0 Å². The predicted molar refractivity (Wildman–Crippen MR) is 82.4 cm³/mol. The second-order valence-electron chi connectivity index (χ2n) is 5.94. The maximum atomic E-state index is 12.0. The van der Waals surface area contributed by atoms with Gasteiger partial charge in [0, 0.05) is 0 Å². The van der Waals surface area contributed by atoms with Crippen molar-refractivity contribution in [1.82, 2.24) is 5.32 Å². The molecule has 2 N–H and O–H groups in total. The van der Waals surface area contributed by atoms with Gasteiger partial charge in [-0.2, -0.15) is 0 Å². The van der Waals surface area contributed by atoms with Gasteiger partial charge in [-0.3, -0.25) is 4.79 Å². The summed E-state index contributed by atoms with van der Waals surface area (Å²) in [7, 11) is 0. The first-order valence-corrected chi connectivity index (χ1v) is 7.74. The summed E-state index contributed by atoms with van der Waals surface area (Å²) in [6, 6.07) is 5.75. The van der Waals surface area contributed by atoms with E-state index in [1.807, 2.05) is 32.0 Å². The number of benzene rings is 1. The minimum atomic E-state index is -0.433. The number of amides is 1. The minimum Gasteiger partial charge on any atom is -0.484 e. The van der Waals surface area contributed by atoms with Gasteiger partial charge in [0.05, 0.1) is 12.1 Å². The second-order valence-corrected chi connectivity index (χ2v) is 5.94. The second kappa shape index (κ2) is 7.46. The molecule has 0 bridgehead atoms. The maximum Gasteiger partial charge on any atom is 0.258 e. The van der Waals surface area contributed by atoms with Crippen LogP contribution in [-0.2, 0) is 4.79 Å². The van der Waals surface area contributed by atoms with Crippen LogP contribution in [0.2, 0.25) is 0 Å². The molecule has 1 aromatic rings. The Kier molecular flexibility index (Phi) is 5.62. The summed E-state index contributed by atoms with van der Waals surface area (Å²) in [5, 5.41) is 12.9. The number of hydrogen-bond acceptors (Lipinski definition) is 3. The summed E-state index contributed by atoms with van der Waals surface area (Å²) in [5.74, 6) is 0.568. The molecule has 1 amide bonds. The molecular formula is C17H25NO3. The molecular weight excluding hydrogens is 266 g/mol. The predicted octanol–water partition coefficient (Wildman–Crippen LogP) is 2.49. The highest BCUT2D eigenvalue weighted by atomic mass is 16.5. The fourth-order valence-electron chi connectivity index (χ4n) is 2.81. The van der Waals surface area contributed by atoms with Gasteiger partial charge in [-0.15, -0.1) is 0 Å². The molecule has 1 aromatic carbocycles. The van der Waals surface area contributed by atoms with Gasteiger partial charge in [-0.1, -0.05) is 37.0 Å². The first-order valence-electron chi connectivity index (χ1n) is 7.74. The Labute approximate surface area is 126 Å². The van der Waals surface area contributed by atoms with Crippen LogP contribution in [0.3, 0.4) is 0 Å². The zero-order valence-corrected chi connectivity index (χ0v) is 12.9. The normalized spacial score (nSPS) is 22.4. The summed E-state index contributed by atoms with van der Waals surface area (Å²) in [6.45, 7) is 3.99. The van der Waals surface area contributed by atoms with Crippen molar-refractivity contribution in [3.63, 3.8) is 0 Å². The molecule has 4 heteroatoms. The highest BCUT2D eigenvalue weighted by Gasteiger charge is 2.23. The van der Waals surface area contributed by atoms with Crippen LogP contribution in [-0.4, -0.2) is 29.8 Å². The Morgan fingerprint density at radius 2 is 2.05 bits per heavy atom. The van der Waals surface area contributed by atoms with Crippen LogP contribution >= 0.6 is 0 Å². The number of carbonyl (C=O) groups excluding carboxylic acids is 1. The van der Waals surface area contributed by atoms with Gasteiger partial charge < -0.3 is 15.2 Å². The Morgan fingerprint density at radius 1 is 1.29 bits per heavy atom. The van der Waals surface area contributed by atoms with Crippen LogP contribution < -0.4 is 10.1 Å². The van der Waals surface area contributed by atoms with E-state index in [1.165, 1.54) is 5.56 Å². The van der Waals surface area contributed by atoms with Crippen molar-refractivity contribution >= 4 is 5.91 Å². The van der Waals surface area contributed by atoms with E-state index in [9.17, 15) is 9.90 Å². The monoisotopic (exact) mass is 291 g/mol. The average Bonchev–Trinajstić information content (AvgIpc) is 2.63. The molecule has 0 heterocycles. The maximum absolute atomic E-state index is 12.0. The molecule has 1 fully saturated rings. The molecule has 21 heavy (non-hydrogen) atoms. The van der Waals surface area contributed by atoms with E-state index in [1.54, 1.807) is 0 Å². The van der Waals surface area contributed by atoms with Crippen LogP contribution in [0.1, 0.15) is 43.2 Å². The third-order valence-corrected chi connectivity index (χ3v) is 4.02. The molecule has 2 atom stereocenters. The van der Waals surface area contributed by atoms with Crippen LogP contribution in [0.5, 0.6) is 5.75 Å². The third-order valence-electron chi connectivity index (χ3n) is 4.02. The Bertz CT molecular complexity index is 487. The summed E-state index contributed by atoms with van der Waals surface area (Å²) < 4.78 is 5.57. The minimum absolute atomic E-state index is 0.00682. The Balaban J connectivity index is 1.84. The largest absolute Gasteiger partial charge is 0.484 e. The van der Waals surface area contributed by atoms with E-state index in [-0.39, 0.29) is 18.6 Å². The number of aliphatic hydroxyl groups excluding tert-OH is 1. The van der Waals surface area contributed by atoms with Gasteiger partial charge in [0.1, 0.15) is 5.75 Å². The molecule has 1 aliphatic carbocycles. The van der Waals surface area contributed by atoms with Crippen LogP contribution in [0.15, 0.2) is 18.2 Å². The van der Waals surface area contributed by atoms with E-state index < -0.39 is 6.10 Å². The molecule has 1 aliphatic rings. The van der Waals surface area contributed by atoms with Crippen molar-refractivity contribution in [3.8, 4) is 5.75 Å². The lowest BCUT2D eigenvalue weighted by molar-refractivity contribution is -0.124. The van der Waals surface area contributed by atoms with Gasteiger partial charge in [0.25, 0.3) is 5.91 Å². The quantitative estimate of drug-likeness (QED) is 0.838. The first-order chi connectivity index (χ1) is 10.1. The van der Waals surface area contributed by atoms with Crippen molar-refractivity contribution in [2.24, 2.45) is 0 Å². The fraction of sp³-hybridized carbons (Fsp3) is 0.588. The van der Waals surface area contributed by atoms with Gasteiger partial charge >= 0.3 is 0 Å². The van der Waals surface area contributed by atoms with Crippen molar-refractivity contribution in [1.29, 1.82) is 0 Å². The number of carbonyl (C=O) groups is 1. The smallest absolute Gasteiger partial charge is 0.258 e. The van der Waals surface area contributed by atoms with Gasteiger partial charge in [-0.05, 0) is 38.3 Å². The lowest BCUT2D eigenvalue weighted by Gasteiger charge is -2.21. The fourth-order valence-corrected chi connectivity index (χ4v) is 2.81. The highest BCUT2D eigenvalue weighted by Crippen LogP contribution is 2.19. The average molecular weight is 291 g/mol. The molecule has 1 saturated carbocycles. The summed E-state index contributed by atoms with van der Waals surface area (Å²) >= 11 is 0. The topological polar surface area (TPSA) is 58.6 Å². The number of aliphatic hydroxyl groups is 1. The molecule has 2 rings (SSSR count). The van der Waals surface area contributed by atoms with Crippen molar-refractivity contribution in [2.45, 2.75) is 58.1 Å². The van der Waals surface area contributed by atoms with Crippen molar-refractivity contribution in [3.05, 3.63) is 29.3 Å². The van der Waals surface area contributed by atoms with Crippen LogP contribution in [0, 0.1) is 13.8 Å². The number of aryl methyl sites for hydroxylation is 2. The van der Waals surface area contributed by atoms with E-state index >= 15 is 0 Å². The van der Waals surface area contributed by atoms with Gasteiger partial charge in [0.2, 0.25) is 0 Å². The molecule has 4 nitrogen and oxygen atoms in total. The van der Waals surface area contributed by atoms with Crippen molar-refractivity contribution in [2.75, 3.05) is 6.61 Å². The summed E-state index contributed by atoms with van der Waals surface area (Å²) in [5.41, 5.74) is 2.20. The van der Waals surface area contributed by atoms with Gasteiger partial charge in [0.15, 0.2) is 6.61 Å². The highest BCUT2D eigenvalue weighted by molar-refractivity contribution is 5.78. The standard InChI is InChI=1S/C17H25NO3/c1-12-8-9-16(13(2)10-12)21-11-17(20)18-14-6-4-3-5-7-15(14)19/h8-10,14-15,19H,3-7,11H2,1-2H3,(H,18,20). The molecule has 116 valence electrons. The van der Waals surface area contributed by atoms with Crippen LogP contribution in [0.25, 0.3) is 0 Å². The van der Waals surface area contributed by atoms with E-state index in [0.29, 0.717) is 0 Å².